The molecule has 0 spiro atoms. The van der Waals surface area contributed by atoms with Gasteiger partial charge in [0.2, 0.25) is 0 Å². The quantitative estimate of drug-likeness (QED) is 0.290. The lowest BCUT2D eigenvalue weighted by atomic mass is 9.98. The van der Waals surface area contributed by atoms with Gasteiger partial charge in [-0.2, -0.15) is 0 Å². The van der Waals surface area contributed by atoms with Crippen molar-refractivity contribution in [2.75, 3.05) is 0 Å². The van der Waals surface area contributed by atoms with E-state index in [9.17, 15) is 25.5 Å². The summed E-state index contributed by atoms with van der Waals surface area (Å²) in [4.78, 5) is 0. The van der Waals surface area contributed by atoms with Crippen molar-refractivity contribution in [2.24, 2.45) is 0 Å². The van der Waals surface area contributed by atoms with E-state index in [-0.39, 0.29) is 29.2 Å². The standard InChI is InChI=1S/C19H24O5/c20-16-9-6-14(7-10-16)5-3-1-2-4-12-19(23,24)15-8-11-17(21)18(22)13-15/h6-11,13,20-24H,1-5,12H2. The van der Waals surface area contributed by atoms with Crippen LogP contribution in [0.1, 0.15) is 43.2 Å². The minimum atomic E-state index is -2.01. The third-order valence-electron chi connectivity index (χ3n) is 4.11. The summed E-state index contributed by atoms with van der Waals surface area (Å²) in [6.45, 7) is 0. The molecule has 0 saturated carbocycles. The van der Waals surface area contributed by atoms with Gasteiger partial charge in [0.25, 0.3) is 0 Å². The van der Waals surface area contributed by atoms with E-state index in [1.54, 1.807) is 12.1 Å². The molecule has 0 radical (unpaired) electrons. The maximum Gasteiger partial charge on any atom is 0.189 e. The van der Waals surface area contributed by atoms with Gasteiger partial charge < -0.3 is 25.5 Å². The highest BCUT2D eigenvalue weighted by Gasteiger charge is 2.26. The molecule has 0 heterocycles. The van der Waals surface area contributed by atoms with E-state index in [4.69, 9.17) is 0 Å². The summed E-state index contributed by atoms with van der Waals surface area (Å²) in [5.74, 6) is -2.40. The van der Waals surface area contributed by atoms with Crippen LogP contribution in [0.2, 0.25) is 0 Å². The van der Waals surface area contributed by atoms with E-state index >= 15 is 0 Å². The number of hydrogen-bond acceptors (Lipinski definition) is 5. The van der Waals surface area contributed by atoms with Crippen LogP contribution in [0.4, 0.5) is 0 Å². The second-order valence-corrected chi connectivity index (χ2v) is 6.10. The Morgan fingerprint density at radius 3 is 2.04 bits per heavy atom. The van der Waals surface area contributed by atoms with Crippen molar-refractivity contribution in [3.05, 3.63) is 53.6 Å². The first kappa shape index (κ1) is 18.1. The molecule has 0 aliphatic rings. The van der Waals surface area contributed by atoms with Crippen LogP contribution in [0.25, 0.3) is 0 Å². The lowest BCUT2D eigenvalue weighted by Crippen LogP contribution is -2.24. The highest BCUT2D eigenvalue weighted by molar-refractivity contribution is 5.41. The van der Waals surface area contributed by atoms with Crippen molar-refractivity contribution >= 4 is 0 Å². The number of phenolic OH excluding ortho intramolecular Hbond substituents is 3. The Balaban J connectivity index is 1.70. The number of aliphatic hydroxyl groups is 2. The fourth-order valence-corrected chi connectivity index (χ4v) is 2.63. The van der Waals surface area contributed by atoms with Crippen molar-refractivity contribution in [1.29, 1.82) is 0 Å². The Morgan fingerprint density at radius 1 is 0.708 bits per heavy atom. The van der Waals surface area contributed by atoms with Gasteiger partial charge in [0.05, 0.1) is 0 Å². The van der Waals surface area contributed by atoms with Crippen molar-refractivity contribution < 1.29 is 25.5 Å². The Kier molecular flexibility index (Phi) is 6.06. The zero-order valence-electron chi connectivity index (χ0n) is 13.5. The molecule has 24 heavy (non-hydrogen) atoms. The monoisotopic (exact) mass is 332 g/mol. The average molecular weight is 332 g/mol. The molecule has 0 amide bonds. The second-order valence-electron chi connectivity index (χ2n) is 6.10. The highest BCUT2D eigenvalue weighted by Crippen LogP contribution is 2.32. The van der Waals surface area contributed by atoms with Crippen LogP contribution in [0.3, 0.4) is 0 Å². The third-order valence-corrected chi connectivity index (χ3v) is 4.11. The molecule has 0 unspecified atom stereocenters. The van der Waals surface area contributed by atoms with Crippen LogP contribution in [-0.4, -0.2) is 25.5 Å². The number of unbranched alkanes of at least 4 members (excludes halogenated alkanes) is 3. The van der Waals surface area contributed by atoms with Gasteiger partial charge in [-0.15, -0.1) is 0 Å². The van der Waals surface area contributed by atoms with Gasteiger partial charge >= 0.3 is 0 Å². The predicted molar refractivity (Wildman–Crippen MR) is 90.8 cm³/mol. The fourth-order valence-electron chi connectivity index (χ4n) is 2.63. The Hall–Kier alpha value is -2.24. The molecule has 2 aromatic rings. The first-order chi connectivity index (χ1) is 11.4. The number of aryl methyl sites for hydroxylation is 1. The molecule has 2 rings (SSSR count). The zero-order valence-corrected chi connectivity index (χ0v) is 13.5. The van der Waals surface area contributed by atoms with E-state index in [1.165, 1.54) is 23.8 Å². The van der Waals surface area contributed by atoms with Gasteiger partial charge in [-0.05, 0) is 55.2 Å². The molecule has 0 bridgehead atoms. The first-order valence-corrected chi connectivity index (χ1v) is 8.13. The Morgan fingerprint density at radius 2 is 1.38 bits per heavy atom. The predicted octanol–water partition coefficient (Wildman–Crippen LogP) is 3.13. The van der Waals surface area contributed by atoms with Crippen molar-refractivity contribution in [3.8, 4) is 17.2 Å². The molecule has 0 aliphatic carbocycles. The van der Waals surface area contributed by atoms with Crippen LogP contribution in [0.5, 0.6) is 17.2 Å². The maximum absolute atomic E-state index is 10.1. The van der Waals surface area contributed by atoms with Gasteiger partial charge in [-0.3, -0.25) is 0 Å². The fraction of sp³-hybridized carbons (Fsp3) is 0.368. The van der Waals surface area contributed by atoms with Crippen molar-refractivity contribution in [1.82, 2.24) is 0 Å². The van der Waals surface area contributed by atoms with Crippen molar-refractivity contribution in [3.63, 3.8) is 0 Å². The summed E-state index contributed by atoms with van der Waals surface area (Å²) in [6, 6.07) is 10.9. The number of hydrogen-bond donors (Lipinski definition) is 5. The number of aromatic hydroxyl groups is 3. The van der Waals surface area contributed by atoms with Gasteiger partial charge in [-0.25, -0.2) is 0 Å². The van der Waals surface area contributed by atoms with E-state index < -0.39 is 5.79 Å². The molecule has 5 heteroatoms. The lowest BCUT2D eigenvalue weighted by Gasteiger charge is -2.22. The summed E-state index contributed by atoms with van der Waals surface area (Å²) >= 11 is 0. The van der Waals surface area contributed by atoms with E-state index in [0.29, 0.717) is 6.42 Å². The molecule has 0 saturated heterocycles. The van der Waals surface area contributed by atoms with Crippen LogP contribution in [-0.2, 0) is 12.2 Å². The Labute approximate surface area is 141 Å². The largest absolute Gasteiger partial charge is 0.508 e. The SMILES string of the molecule is Oc1ccc(CCCCCCC(O)(O)c2ccc(O)c(O)c2)cc1. The van der Waals surface area contributed by atoms with Crippen LogP contribution >= 0.6 is 0 Å². The number of phenols is 3. The molecule has 0 aliphatic heterocycles. The maximum atomic E-state index is 10.1. The third kappa shape index (κ3) is 5.15. The van der Waals surface area contributed by atoms with Gasteiger partial charge in [0, 0.05) is 12.0 Å². The molecule has 5 nitrogen and oxygen atoms in total. The number of benzene rings is 2. The van der Waals surface area contributed by atoms with Crippen LogP contribution in [0.15, 0.2) is 42.5 Å². The van der Waals surface area contributed by atoms with E-state index in [2.05, 4.69) is 0 Å². The lowest BCUT2D eigenvalue weighted by molar-refractivity contribution is -0.175. The normalized spacial score (nSPS) is 11.6. The summed E-state index contributed by atoms with van der Waals surface area (Å²) in [5, 5.41) is 48.1. The second kappa shape index (κ2) is 8.04. The molecular formula is C19H24O5. The zero-order chi connectivity index (χ0) is 17.6. The summed E-state index contributed by atoms with van der Waals surface area (Å²) < 4.78 is 0. The first-order valence-electron chi connectivity index (χ1n) is 8.13. The summed E-state index contributed by atoms with van der Waals surface area (Å²) in [5.41, 5.74) is 1.34. The summed E-state index contributed by atoms with van der Waals surface area (Å²) in [7, 11) is 0. The Bertz CT molecular complexity index is 649. The molecule has 130 valence electrons. The minimum Gasteiger partial charge on any atom is -0.508 e. The molecular weight excluding hydrogens is 308 g/mol. The van der Waals surface area contributed by atoms with Gasteiger partial charge in [0.1, 0.15) is 5.75 Å². The van der Waals surface area contributed by atoms with Gasteiger partial charge in [0.15, 0.2) is 17.3 Å². The average Bonchev–Trinajstić information content (AvgIpc) is 2.55. The molecule has 5 N–H and O–H groups in total. The molecule has 0 fully saturated rings. The molecule has 0 aromatic heterocycles. The number of rotatable bonds is 8. The molecule has 0 atom stereocenters. The summed E-state index contributed by atoms with van der Waals surface area (Å²) in [6.07, 6.45) is 4.56. The minimum absolute atomic E-state index is 0.163. The van der Waals surface area contributed by atoms with Crippen molar-refractivity contribution in [2.45, 2.75) is 44.3 Å². The van der Waals surface area contributed by atoms with Crippen LogP contribution in [0, 0.1) is 0 Å². The highest BCUT2D eigenvalue weighted by atomic mass is 16.5. The van der Waals surface area contributed by atoms with Crippen LogP contribution < -0.4 is 0 Å². The van der Waals surface area contributed by atoms with Gasteiger partial charge in [-0.1, -0.05) is 25.0 Å². The smallest absolute Gasteiger partial charge is 0.189 e. The topological polar surface area (TPSA) is 101 Å². The van der Waals surface area contributed by atoms with E-state index in [1.807, 2.05) is 12.1 Å². The molecule has 2 aromatic carbocycles. The van der Waals surface area contributed by atoms with E-state index in [0.717, 1.165) is 25.7 Å².